The Hall–Kier alpha value is -0.520. The molecule has 0 amide bonds. The van der Waals surface area contributed by atoms with E-state index in [0.717, 1.165) is 12.5 Å². The van der Waals surface area contributed by atoms with Crippen molar-refractivity contribution in [1.82, 2.24) is 9.80 Å². The van der Waals surface area contributed by atoms with Gasteiger partial charge in [-0.1, -0.05) is 13.8 Å². The summed E-state index contributed by atoms with van der Waals surface area (Å²) < 4.78 is 0. The van der Waals surface area contributed by atoms with Gasteiger partial charge in [-0.25, -0.2) is 0 Å². The van der Waals surface area contributed by atoms with Crippen LogP contribution in [0.3, 0.4) is 0 Å². The lowest BCUT2D eigenvalue weighted by Gasteiger charge is -2.42. The van der Waals surface area contributed by atoms with Crippen molar-refractivity contribution in [2.75, 3.05) is 33.7 Å². The topological polar surface area (TPSA) is 6.48 Å². The van der Waals surface area contributed by atoms with Crippen LogP contribution in [0.1, 0.15) is 26.7 Å². The van der Waals surface area contributed by atoms with Crippen molar-refractivity contribution in [3.8, 4) is 11.8 Å². The van der Waals surface area contributed by atoms with E-state index >= 15 is 0 Å². The molecule has 0 bridgehead atoms. The van der Waals surface area contributed by atoms with Crippen molar-refractivity contribution in [3.05, 3.63) is 0 Å². The maximum absolute atomic E-state index is 3.24. The fraction of sp³-hybridized carbons (Fsp3) is 0.846. The van der Waals surface area contributed by atoms with E-state index in [1.54, 1.807) is 0 Å². The Bertz CT molecular complexity index is 231. The number of likely N-dealkylation sites (tertiary alicyclic amines) is 1. The highest BCUT2D eigenvalue weighted by molar-refractivity contribution is 5.01. The lowest BCUT2D eigenvalue weighted by molar-refractivity contribution is 0.0702. The van der Waals surface area contributed by atoms with Crippen LogP contribution >= 0.6 is 0 Å². The van der Waals surface area contributed by atoms with Crippen LogP contribution < -0.4 is 0 Å². The maximum Gasteiger partial charge on any atom is 0.0347 e. The summed E-state index contributed by atoms with van der Waals surface area (Å²) in [6, 6.07) is 0.785. The van der Waals surface area contributed by atoms with Crippen LogP contribution in [0.4, 0.5) is 0 Å². The van der Waals surface area contributed by atoms with Crippen LogP contribution in [0, 0.1) is 17.8 Å². The highest BCUT2D eigenvalue weighted by Crippen LogP contribution is 2.11. The number of rotatable bonds is 4. The minimum absolute atomic E-state index is 0.517. The van der Waals surface area contributed by atoms with Gasteiger partial charge in [0, 0.05) is 31.5 Å². The van der Waals surface area contributed by atoms with Gasteiger partial charge in [0.05, 0.1) is 0 Å². The van der Waals surface area contributed by atoms with Gasteiger partial charge in [0.1, 0.15) is 0 Å². The molecule has 1 aliphatic rings. The molecular weight excluding hydrogens is 184 g/mol. The van der Waals surface area contributed by atoms with Gasteiger partial charge in [-0.2, -0.15) is 0 Å². The third kappa shape index (κ3) is 4.68. The van der Waals surface area contributed by atoms with Crippen molar-refractivity contribution in [2.24, 2.45) is 5.92 Å². The fourth-order valence-electron chi connectivity index (χ4n) is 1.82. The first kappa shape index (κ1) is 12.5. The molecule has 0 saturated carbocycles. The number of unbranched alkanes of at least 4 members (excludes halogenated alkanes) is 1. The molecule has 2 heteroatoms. The normalized spacial score (nSPS) is 17.7. The van der Waals surface area contributed by atoms with Crippen LogP contribution in [0.5, 0.6) is 0 Å². The summed E-state index contributed by atoms with van der Waals surface area (Å²) in [7, 11) is 4.41. The maximum atomic E-state index is 3.24. The second-order valence-electron chi connectivity index (χ2n) is 4.94. The molecule has 0 unspecified atom stereocenters. The molecule has 0 aromatic heterocycles. The van der Waals surface area contributed by atoms with Gasteiger partial charge in [-0.05, 0) is 27.1 Å². The molecule has 0 aromatic carbocycles. The molecule has 0 radical (unpaired) electrons. The van der Waals surface area contributed by atoms with E-state index in [9.17, 15) is 0 Å². The zero-order chi connectivity index (χ0) is 11.3. The SMILES string of the molecule is CC(C)C#CCCCN(C)C1CN(C)C1. The molecule has 1 aliphatic heterocycles. The molecule has 15 heavy (non-hydrogen) atoms. The predicted molar refractivity (Wildman–Crippen MR) is 65.8 cm³/mol. The lowest BCUT2D eigenvalue weighted by atomic mass is 10.1. The third-order valence-corrected chi connectivity index (χ3v) is 2.87. The Labute approximate surface area is 94.6 Å². The summed E-state index contributed by atoms with van der Waals surface area (Å²) in [6.07, 6.45) is 2.25. The zero-order valence-electron chi connectivity index (χ0n) is 10.6. The quantitative estimate of drug-likeness (QED) is 0.512. The average molecular weight is 208 g/mol. The molecule has 0 spiro atoms. The van der Waals surface area contributed by atoms with Gasteiger partial charge < -0.3 is 9.80 Å². The summed E-state index contributed by atoms with van der Waals surface area (Å²) in [5, 5.41) is 0. The summed E-state index contributed by atoms with van der Waals surface area (Å²) >= 11 is 0. The highest BCUT2D eigenvalue weighted by Gasteiger charge is 2.25. The Morgan fingerprint density at radius 3 is 2.60 bits per heavy atom. The van der Waals surface area contributed by atoms with Crippen molar-refractivity contribution in [3.63, 3.8) is 0 Å². The molecule has 0 aromatic rings. The molecule has 1 rings (SSSR count). The standard InChI is InChI=1S/C13H24N2/c1-12(2)8-6-5-7-9-15(4)13-10-14(3)11-13/h12-13H,5,7,9-11H2,1-4H3. The number of hydrogen-bond acceptors (Lipinski definition) is 2. The summed E-state index contributed by atoms with van der Waals surface area (Å²) in [5.74, 6) is 6.96. The third-order valence-electron chi connectivity index (χ3n) is 2.87. The largest absolute Gasteiger partial charge is 0.303 e. The van der Waals surface area contributed by atoms with E-state index in [2.05, 4.69) is 49.6 Å². The molecule has 0 atom stereocenters. The average Bonchev–Trinajstić information content (AvgIpc) is 2.11. The molecule has 0 aliphatic carbocycles. The minimum Gasteiger partial charge on any atom is -0.303 e. The van der Waals surface area contributed by atoms with Crippen molar-refractivity contribution >= 4 is 0 Å². The summed E-state index contributed by atoms with van der Waals surface area (Å²) in [5.41, 5.74) is 0. The van der Waals surface area contributed by atoms with Crippen LogP contribution in [-0.4, -0.2) is 49.6 Å². The van der Waals surface area contributed by atoms with Gasteiger partial charge in [-0.3, -0.25) is 0 Å². The van der Waals surface area contributed by atoms with Crippen molar-refractivity contribution in [2.45, 2.75) is 32.7 Å². The summed E-state index contributed by atoms with van der Waals surface area (Å²) in [6.45, 7) is 7.93. The minimum atomic E-state index is 0.517. The fourth-order valence-corrected chi connectivity index (χ4v) is 1.82. The van der Waals surface area contributed by atoms with E-state index in [-0.39, 0.29) is 0 Å². The monoisotopic (exact) mass is 208 g/mol. The molecule has 0 N–H and O–H groups in total. The Kier molecular flexibility index (Phi) is 5.14. The van der Waals surface area contributed by atoms with E-state index in [1.165, 1.54) is 26.1 Å². The van der Waals surface area contributed by atoms with Gasteiger partial charge >= 0.3 is 0 Å². The lowest BCUT2D eigenvalue weighted by Crippen LogP contribution is -2.56. The smallest absolute Gasteiger partial charge is 0.0347 e. The van der Waals surface area contributed by atoms with Gasteiger partial charge in [0.2, 0.25) is 0 Å². The number of nitrogens with zero attached hydrogens (tertiary/aromatic N) is 2. The molecular formula is C13H24N2. The van der Waals surface area contributed by atoms with Crippen LogP contribution in [-0.2, 0) is 0 Å². The Morgan fingerprint density at radius 1 is 1.40 bits per heavy atom. The second-order valence-corrected chi connectivity index (χ2v) is 4.94. The number of hydrogen-bond donors (Lipinski definition) is 0. The first-order valence-electron chi connectivity index (χ1n) is 5.96. The Balaban J connectivity index is 2.03. The van der Waals surface area contributed by atoms with E-state index < -0.39 is 0 Å². The first-order chi connectivity index (χ1) is 7.09. The molecule has 2 nitrogen and oxygen atoms in total. The van der Waals surface area contributed by atoms with Gasteiger partial charge in [0.25, 0.3) is 0 Å². The van der Waals surface area contributed by atoms with Gasteiger partial charge in [-0.15, -0.1) is 11.8 Å². The van der Waals surface area contributed by atoms with Crippen LogP contribution in [0.2, 0.25) is 0 Å². The van der Waals surface area contributed by atoms with Crippen LogP contribution in [0.25, 0.3) is 0 Å². The summed E-state index contributed by atoms with van der Waals surface area (Å²) in [4.78, 5) is 4.83. The molecule has 1 saturated heterocycles. The molecule has 86 valence electrons. The van der Waals surface area contributed by atoms with Gasteiger partial charge in [0.15, 0.2) is 0 Å². The molecule has 1 fully saturated rings. The number of likely N-dealkylation sites (N-methyl/N-ethyl adjacent to an activating group) is 2. The second kappa shape index (κ2) is 6.15. The van der Waals surface area contributed by atoms with Crippen molar-refractivity contribution in [1.29, 1.82) is 0 Å². The predicted octanol–water partition coefficient (Wildman–Crippen LogP) is 1.67. The highest BCUT2D eigenvalue weighted by atomic mass is 15.3. The van der Waals surface area contributed by atoms with E-state index in [4.69, 9.17) is 0 Å². The van der Waals surface area contributed by atoms with E-state index in [0.29, 0.717) is 5.92 Å². The van der Waals surface area contributed by atoms with Crippen LogP contribution in [0.15, 0.2) is 0 Å². The van der Waals surface area contributed by atoms with Crippen molar-refractivity contribution < 1.29 is 0 Å². The van der Waals surface area contributed by atoms with E-state index in [1.807, 2.05) is 0 Å². The molecule has 1 heterocycles. The first-order valence-corrected chi connectivity index (χ1v) is 5.96. The Morgan fingerprint density at radius 2 is 2.07 bits per heavy atom. The zero-order valence-corrected chi connectivity index (χ0v) is 10.6.